The summed E-state index contributed by atoms with van der Waals surface area (Å²) in [5.41, 5.74) is 4.83. The fourth-order valence-corrected chi connectivity index (χ4v) is 3.72. The molecule has 0 saturated carbocycles. The fraction of sp³-hybridized carbons (Fsp3) is 0.0909. The van der Waals surface area contributed by atoms with Crippen LogP contribution in [0.2, 0.25) is 0 Å². The Bertz CT molecular complexity index is 1020. The number of halogens is 2. The molecule has 2 aromatic carbocycles. The number of nitrogens with one attached hydrogen (secondary N) is 1. The van der Waals surface area contributed by atoms with E-state index in [-0.39, 0.29) is 11.7 Å². The number of hydrogen-bond acceptors (Lipinski definition) is 4. The number of ether oxygens (including phenoxy) is 1. The lowest BCUT2D eigenvalue weighted by molar-refractivity contribution is -0.117. The molecule has 0 saturated heterocycles. The van der Waals surface area contributed by atoms with Crippen LogP contribution in [0.1, 0.15) is 17.5 Å². The maximum atomic E-state index is 12.5. The summed E-state index contributed by atoms with van der Waals surface area (Å²) in [6.45, 7) is 2.01. The molecule has 1 aliphatic rings. The molecule has 0 fully saturated rings. The lowest BCUT2D eigenvalue weighted by atomic mass is 10.2. The zero-order valence-corrected chi connectivity index (χ0v) is 18.7. The lowest BCUT2D eigenvalue weighted by Gasteiger charge is -2.07. The van der Waals surface area contributed by atoms with Crippen molar-refractivity contribution in [2.24, 2.45) is 5.10 Å². The van der Waals surface area contributed by atoms with Gasteiger partial charge in [0.05, 0.1) is 15.2 Å². The first kappa shape index (κ1) is 21.1. The van der Waals surface area contributed by atoms with Crippen LogP contribution in [-0.4, -0.2) is 17.2 Å². The molecule has 0 radical (unpaired) electrons. The highest BCUT2D eigenvalue weighted by molar-refractivity contribution is 9.11. The van der Waals surface area contributed by atoms with Crippen molar-refractivity contribution in [3.8, 4) is 11.5 Å². The zero-order valence-electron chi connectivity index (χ0n) is 15.5. The van der Waals surface area contributed by atoms with Crippen molar-refractivity contribution in [2.75, 3.05) is 0 Å². The predicted molar refractivity (Wildman–Crippen MR) is 121 cm³/mol. The Hall–Kier alpha value is -2.64. The van der Waals surface area contributed by atoms with Gasteiger partial charge in [0.2, 0.25) is 0 Å². The van der Waals surface area contributed by atoms with Gasteiger partial charge in [-0.1, -0.05) is 29.8 Å². The van der Waals surface area contributed by atoms with E-state index in [2.05, 4.69) is 42.4 Å². The number of carbonyl (C=O) groups excluding carboxylic acids is 1. The van der Waals surface area contributed by atoms with Gasteiger partial charge in [0, 0.05) is 5.57 Å². The topological polar surface area (TPSA) is 70.9 Å². The number of benzene rings is 2. The molecule has 2 N–H and O–H groups in total. The maximum absolute atomic E-state index is 12.5. The standard InChI is InChI=1S/C22H18Br2N2O3/c1-14-6-8-17(9-7-14)29-18-5-3-2-4-16(12-18)22(28)26-25-13-15-10-19(23)21(27)20(24)11-15/h3-13,27H,2H2,1H3,(H,26,28)/b25-13+. The minimum Gasteiger partial charge on any atom is -0.506 e. The molecular formula is C22H18Br2N2O3. The number of phenolic OH excluding ortho intramolecular Hbond substituents is 1. The van der Waals surface area contributed by atoms with Crippen molar-refractivity contribution in [3.05, 3.63) is 92.1 Å². The molecule has 0 atom stereocenters. The van der Waals surface area contributed by atoms with Gasteiger partial charge >= 0.3 is 0 Å². The molecule has 0 bridgehead atoms. The Balaban J connectivity index is 1.67. The summed E-state index contributed by atoms with van der Waals surface area (Å²) < 4.78 is 6.91. The molecule has 0 spiro atoms. The monoisotopic (exact) mass is 516 g/mol. The summed E-state index contributed by atoms with van der Waals surface area (Å²) in [5.74, 6) is 1.04. The summed E-state index contributed by atoms with van der Waals surface area (Å²) >= 11 is 6.52. The summed E-state index contributed by atoms with van der Waals surface area (Å²) in [6, 6.07) is 11.1. The van der Waals surface area contributed by atoms with E-state index in [9.17, 15) is 9.90 Å². The van der Waals surface area contributed by atoms with Gasteiger partial charge in [-0.05, 0) is 87.2 Å². The van der Waals surface area contributed by atoms with E-state index in [1.54, 1.807) is 24.3 Å². The number of allylic oxidation sites excluding steroid dienone is 3. The van der Waals surface area contributed by atoms with Crippen LogP contribution < -0.4 is 10.2 Å². The van der Waals surface area contributed by atoms with Crippen molar-refractivity contribution in [2.45, 2.75) is 13.3 Å². The highest BCUT2D eigenvalue weighted by atomic mass is 79.9. The molecule has 1 amide bonds. The first-order valence-corrected chi connectivity index (χ1v) is 10.4. The zero-order chi connectivity index (χ0) is 20.8. The van der Waals surface area contributed by atoms with Crippen LogP contribution in [0.15, 0.2) is 86.1 Å². The number of hydrazone groups is 1. The number of aryl methyl sites for hydroxylation is 1. The van der Waals surface area contributed by atoms with Gasteiger partial charge < -0.3 is 9.84 Å². The number of aromatic hydroxyl groups is 1. The molecule has 2 aromatic rings. The van der Waals surface area contributed by atoms with Crippen LogP contribution in [0.25, 0.3) is 0 Å². The van der Waals surface area contributed by atoms with E-state index < -0.39 is 0 Å². The third kappa shape index (κ3) is 5.92. The Labute approximate surface area is 185 Å². The molecule has 5 nitrogen and oxygen atoms in total. The molecule has 148 valence electrons. The van der Waals surface area contributed by atoms with Gasteiger partial charge in [-0.3, -0.25) is 4.79 Å². The minimum absolute atomic E-state index is 0.105. The number of rotatable bonds is 5. The lowest BCUT2D eigenvalue weighted by Crippen LogP contribution is -2.19. The Morgan fingerprint density at radius 1 is 1.21 bits per heavy atom. The average molecular weight is 518 g/mol. The molecule has 0 aromatic heterocycles. The van der Waals surface area contributed by atoms with E-state index in [0.717, 1.165) is 5.56 Å². The molecule has 3 rings (SSSR count). The summed E-state index contributed by atoms with van der Waals surface area (Å²) in [5, 5.41) is 13.7. The van der Waals surface area contributed by atoms with Crippen molar-refractivity contribution >= 4 is 44.0 Å². The quantitative estimate of drug-likeness (QED) is 0.405. The molecule has 1 aliphatic carbocycles. The van der Waals surface area contributed by atoms with Crippen LogP contribution in [0, 0.1) is 6.92 Å². The van der Waals surface area contributed by atoms with Gasteiger partial charge in [0.25, 0.3) is 5.91 Å². The Morgan fingerprint density at radius 2 is 1.90 bits per heavy atom. The Morgan fingerprint density at radius 3 is 2.59 bits per heavy atom. The van der Waals surface area contributed by atoms with E-state index in [1.807, 2.05) is 43.3 Å². The predicted octanol–water partition coefficient (Wildman–Crippen LogP) is 5.52. The van der Waals surface area contributed by atoms with Gasteiger partial charge in [-0.15, -0.1) is 0 Å². The number of carbonyl (C=O) groups is 1. The van der Waals surface area contributed by atoms with E-state index in [1.165, 1.54) is 6.21 Å². The van der Waals surface area contributed by atoms with E-state index in [4.69, 9.17) is 4.74 Å². The normalized spacial score (nSPS) is 13.6. The highest BCUT2D eigenvalue weighted by Gasteiger charge is 2.10. The molecule has 0 heterocycles. The maximum Gasteiger partial charge on any atom is 0.271 e. The second-order valence-corrected chi connectivity index (χ2v) is 8.00. The van der Waals surface area contributed by atoms with Gasteiger partial charge in [-0.2, -0.15) is 5.10 Å². The van der Waals surface area contributed by atoms with Crippen LogP contribution in [0.3, 0.4) is 0 Å². The highest BCUT2D eigenvalue weighted by Crippen LogP contribution is 2.32. The van der Waals surface area contributed by atoms with Gasteiger partial charge in [-0.25, -0.2) is 5.43 Å². The SMILES string of the molecule is Cc1ccc(OC2=CC(C(=O)N/N=C/c3cc(Br)c(O)c(Br)c3)=CCC=C2)cc1. The van der Waals surface area contributed by atoms with Crippen molar-refractivity contribution < 1.29 is 14.6 Å². The third-order valence-corrected chi connectivity index (χ3v) is 5.20. The first-order chi connectivity index (χ1) is 13.9. The summed E-state index contributed by atoms with van der Waals surface area (Å²) in [4.78, 5) is 12.5. The van der Waals surface area contributed by atoms with Crippen molar-refractivity contribution in [3.63, 3.8) is 0 Å². The molecule has 29 heavy (non-hydrogen) atoms. The smallest absolute Gasteiger partial charge is 0.271 e. The number of nitrogens with zero attached hydrogens (tertiary/aromatic N) is 1. The molecular weight excluding hydrogens is 500 g/mol. The summed E-state index contributed by atoms with van der Waals surface area (Å²) in [7, 11) is 0. The van der Waals surface area contributed by atoms with Crippen molar-refractivity contribution in [1.29, 1.82) is 0 Å². The molecule has 0 unspecified atom stereocenters. The van der Waals surface area contributed by atoms with Gasteiger partial charge in [0.15, 0.2) is 0 Å². The largest absolute Gasteiger partial charge is 0.506 e. The average Bonchev–Trinajstić information content (AvgIpc) is 2.93. The van der Waals surface area contributed by atoms with E-state index in [0.29, 0.717) is 38.0 Å². The number of hydrogen-bond donors (Lipinski definition) is 2. The number of amides is 1. The van der Waals surface area contributed by atoms with Gasteiger partial charge in [0.1, 0.15) is 17.3 Å². The first-order valence-electron chi connectivity index (χ1n) is 8.77. The Kier molecular flexibility index (Phi) is 7.06. The van der Waals surface area contributed by atoms with Crippen LogP contribution in [-0.2, 0) is 4.79 Å². The molecule has 0 aliphatic heterocycles. The third-order valence-electron chi connectivity index (χ3n) is 3.99. The van der Waals surface area contributed by atoms with Crippen LogP contribution >= 0.6 is 31.9 Å². The van der Waals surface area contributed by atoms with Crippen molar-refractivity contribution in [1.82, 2.24) is 5.43 Å². The molecule has 7 heteroatoms. The number of phenols is 1. The fourth-order valence-electron chi connectivity index (χ4n) is 2.49. The summed E-state index contributed by atoms with van der Waals surface area (Å²) in [6.07, 6.45) is 9.36. The second-order valence-electron chi connectivity index (χ2n) is 6.29. The van der Waals surface area contributed by atoms with E-state index >= 15 is 0 Å². The minimum atomic E-state index is -0.341. The van der Waals surface area contributed by atoms with Crippen LogP contribution in [0.4, 0.5) is 0 Å². The second kappa shape index (κ2) is 9.71. The van der Waals surface area contributed by atoms with Crippen LogP contribution in [0.5, 0.6) is 11.5 Å².